The zero-order valence-electron chi connectivity index (χ0n) is 30.1. The maximum Gasteiger partial charge on any atom is 0.290 e. The van der Waals surface area contributed by atoms with E-state index in [1.165, 1.54) is 5.56 Å². The summed E-state index contributed by atoms with van der Waals surface area (Å²) in [7, 11) is 0. The van der Waals surface area contributed by atoms with Gasteiger partial charge in [-0.05, 0) is 73.2 Å². The van der Waals surface area contributed by atoms with E-state index in [9.17, 15) is 14.4 Å². The molecule has 2 aromatic carbocycles. The van der Waals surface area contributed by atoms with Crippen LogP contribution in [0, 0.1) is 6.92 Å². The van der Waals surface area contributed by atoms with Gasteiger partial charge in [-0.2, -0.15) is 10.1 Å². The number of anilines is 1. The van der Waals surface area contributed by atoms with Crippen molar-refractivity contribution < 1.29 is 18.9 Å². The standard InChI is InChI=1S/C40H40N10O4/c1-23-19-27(7-9-30(23)24(2)40-45-38(36(41)52)48-54-40)35-32-20-28(21-43-37(32)47-46-35)33-11-8-29(22-42-33)50-17-15-49(16-18-50)14-13-25-3-5-26(6-4-25)31-10-12-34(51)44-39(31)53/h3-9,11,19-22,24,31H,10,12-18H2,1-2H3,(H2,41,52)(H,43,46,47)(H,44,51,53)/t24-,31-/m1/s1. The third-order valence-corrected chi connectivity index (χ3v) is 10.6. The van der Waals surface area contributed by atoms with Crippen LogP contribution in [0.3, 0.4) is 0 Å². The molecule has 2 saturated heterocycles. The summed E-state index contributed by atoms with van der Waals surface area (Å²) in [6.45, 7) is 8.69. The fourth-order valence-corrected chi connectivity index (χ4v) is 7.41. The first-order valence-corrected chi connectivity index (χ1v) is 18.1. The number of imide groups is 1. The molecule has 6 aromatic rings. The Balaban J connectivity index is 0.881. The number of nitrogens with two attached hydrogens (primary N) is 1. The second-order valence-electron chi connectivity index (χ2n) is 14.0. The topological polar surface area (TPSA) is 189 Å². The molecular weight excluding hydrogens is 685 g/mol. The summed E-state index contributed by atoms with van der Waals surface area (Å²) in [5.41, 5.74) is 14.8. The van der Waals surface area contributed by atoms with Crippen molar-refractivity contribution in [2.24, 2.45) is 5.73 Å². The number of rotatable bonds is 10. The highest BCUT2D eigenvalue weighted by Crippen LogP contribution is 2.33. The fraction of sp³-hybridized carbons (Fsp3) is 0.300. The number of carbonyl (C=O) groups is 3. The summed E-state index contributed by atoms with van der Waals surface area (Å²) in [5.74, 6) is -1.40. The number of aromatic nitrogens is 6. The summed E-state index contributed by atoms with van der Waals surface area (Å²) >= 11 is 0. The highest BCUT2D eigenvalue weighted by molar-refractivity contribution is 6.01. The highest BCUT2D eigenvalue weighted by atomic mass is 16.5. The van der Waals surface area contributed by atoms with Crippen molar-refractivity contribution >= 4 is 34.4 Å². The highest BCUT2D eigenvalue weighted by Gasteiger charge is 2.28. The van der Waals surface area contributed by atoms with Gasteiger partial charge in [0.15, 0.2) is 5.65 Å². The number of piperazine rings is 1. The molecule has 3 amide bonds. The molecule has 0 saturated carbocycles. The minimum atomic E-state index is -0.730. The summed E-state index contributed by atoms with van der Waals surface area (Å²) in [4.78, 5) is 53.6. The Hall–Kier alpha value is -6.28. The molecule has 2 atom stereocenters. The van der Waals surface area contributed by atoms with Gasteiger partial charge in [0.2, 0.25) is 17.7 Å². The molecule has 274 valence electrons. The van der Waals surface area contributed by atoms with E-state index in [1.54, 1.807) is 6.20 Å². The van der Waals surface area contributed by atoms with Crippen LogP contribution in [0.4, 0.5) is 5.69 Å². The summed E-state index contributed by atoms with van der Waals surface area (Å²) in [6, 6.07) is 20.6. The van der Waals surface area contributed by atoms with Crippen molar-refractivity contribution in [2.45, 2.75) is 44.9 Å². The van der Waals surface area contributed by atoms with E-state index in [4.69, 9.17) is 15.2 Å². The number of carbonyl (C=O) groups excluding carboxylic acids is 3. The van der Waals surface area contributed by atoms with Gasteiger partial charge in [-0.1, -0.05) is 41.6 Å². The molecular formula is C40H40N10O4. The smallest absolute Gasteiger partial charge is 0.290 e. The summed E-state index contributed by atoms with van der Waals surface area (Å²) < 4.78 is 5.29. The average Bonchev–Trinajstić information content (AvgIpc) is 3.86. The van der Waals surface area contributed by atoms with Crippen LogP contribution in [-0.4, -0.2) is 85.7 Å². The number of nitrogens with one attached hydrogen (secondary N) is 2. The first-order valence-electron chi connectivity index (χ1n) is 18.1. The van der Waals surface area contributed by atoms with Crippen molar-refractivity contribution in [2.75, 3.05) is 37.6 Å². The molecule has 4 aromatic heterocycles. The third-order valence-electron chi connectivity index (χ3n) is 10.6. The van der Waals surface area contributed by atoms with Crippen molar-refractivity contribution in [3.8, 4) is 22.5 Å². The lowest BCUT2D eigenvalue weighted by Gasteiger charge is -2.36. The Morgan fingerprint density at radius 3 is 2.50 bits per heavy atom. The van der Waals surface area contributed by atoms with Crippen LogP contribution in [-0.2, 0) is 16.0 Å². The molecule has 2 fully saturated rings. The second-order valence-corrected chi connectivity index (χ2v) is 14.0. The Morgan fingerprint density at radius 2 is 1.80 bits per heavy atom. The number of nitrogens with zero attached hydrogens (tertiary/aromatic N) is 7. The summed E-state index contributed by atoms with van der Waals surface area (Å²) in [5, 5.41) is 14.6. The number of primary amides is 1. The molecule has 6 heterocycles. The Morgan fingerprint density at radius 1 is 0.981 bits per heavy atom. The van der Waals surface area contributed by atoms with Crippen molar-refractivity contribution in [1.82, 2.24) is 40.5 Å². The van der Waals surface area contributed by atoms with Crippen LogP contribution in [0.15, 0.2) is 77.6 Å². The van der Waals surface area contributed by atoms with E-state index < -0.39 is 5.91 Å². The molecule has 54 heavy (non-hydrogen) atoms. The van der Waals surface area contributed by atoms with Gasteiger partial charge >= 0.3 is 0 Å². The lowest BCUT2D eigenvalue weighted by atomic mass is 9.90. The average molecular weight is 725 g/mol. The van der Waals surface area contributed by atoms with Gasteiger partial charge in [0.1, 0.15) is 0 Å². The van der Waals surface area contributed by atoms with Crippen LogP contribution in [0.5, 0.6) is 0 Å². The van der Waals surface area contributed by atoms with Gasteiger partial charge in [0, 0.05) is 61.9 Å². The molecule has 14 heteroatoms. The number of pyridine rings is 2. The van der Waals surface area contributed by atoms with Gasteiger partial charge in [0.05, 0.1) is 35.1 Å². The predicted octanol–water partition coefficient (Wildman–Crippen LogP) is 4.51. The van der Waals surface area contributed by atoms with Gasteiger partial charge in [-0.25, -0.2) is 4.98 Å². The lowest BCUT2D eigenvalue weighted by Crippen LogP contribution is -2.47. The fourth-order valence-electron chi connectivity index (χ4n) is 7.41. The third kappa shape index (κ3) is 7.07. The molecule has 0 unspecified atom stereocenters. The minimum absolute atomic E-state index is 0.136. The zero-order chi connectivity index (χ0) is 37.3. The number of hydrogen-bond donors (Lipinski definition) is 3. The summed E-state index contributed by atoms with van der Waals surface area (Å²) in [6.07, 6.45) is 5.64. The monoisotopic (exact) mass is 724 g/mol. The number of hydrogen-bond acceptors (Lipinski definition) is 11. The van der Waals surface area contributed by atoms with E-state index in [0.717, 1.165) is 89.4 Å². The van der Waals surface area contributed by atoms with Crippen LogP contribution in [0.2, 0.25) is 0 Å². The molecule has 0 spiro atoms. The molecule has 14 nitrogen and oxygen atoms in total. The number of benzene rings is 2. The van der Waals surface area contributed by atoms with E-state index in [2.05, 4.69) is 70.8 Å². The number of amides is 3. The Labute approximate surface area is 311 Å². The molecule has 0 radical (unpaired) electrons. The number of aromatic amines is 1. The molecule has 0 bridgehead atoms. The first kappa shape index (κ1) is 34.8. The van der Waals surface area contributed by atoms with Crippen LogP contribution >= 0.6 is 0 Å². The predicted molar refractivity (Wildman–Crippen MR) is 202 cm³/mol. The molecule has 8 rings (SSSR count). The number of H-pyrrole nitrogens is 1. The van der Waals surface area contributed by atoms with Gasteiger partial charge in [-0.15, -0.1) is 0 Å². The molecule has 2 aliphatic heterocycles. The van der Waals surface area contributed by atoms with Crippen LogP contribution < -0.4 is 16.0 Å². The van der Waals surface area contributed by atoms with Crippen molar-refractivity contribution in [3.63, 3.8) is 0 Å². The van der Waals surface area contributed by atoms with Gasteiger partial charge in [-0.3, -0.25) is 34.7 Å². The van der Waals surface area contributed by atoms with E-state index in [1.807, 2.05) is 50.4 Å². The number of fused-ring (bicyclic) bond motifs is 1. The van der Waals surface area contributed by atoms with Crippen molar-refractivity contribution in [1.29, 1.82) is 0 Å². The first-order chi connectivity index (χ1) is 26.2. The zero-order valence-corrected chi connectivity index (χ0v) is 30.1. The van der Waals surface area contributed by atoms with Crippen LogP contribution in [0.25, 0.3) is 33.5 Å². The van der Waals surface area contributed by atoms with E-state index in [-0.39, 0.29) is 29.5 Å². The van der Waals surface area contributed by atoms with Crippen LogP contribution in [0.1, 0.15) is 70.4 Å². The van der Waals surface area contributed by atoms with Gasteiger partial charge in [0.25, 0.3) is 11.7 Å². The molecule has 0 aliphatic carbocycles. The number of aryl methyl sites for hydroxylation is 1. The minimum Gasteiger partial charge on any atom is -0.368 e. The molecule has 4 N–H and O–H groups in total. The van der Waals surface area contributed by atoms with Crippen molar-refractivity contribution in [3.05, 3.63) is 107 Å². The molecule has 2 aliphatic rings. The Bertz CT molecular complexity index is 2340. The van der Waals surface area contributed by atoms with Gasteiger partial charge < -0.3 is 15.2 Å². The quantitative estimate of drug-likeness (QED) is 0.169. The lowest BCUT2D eigenvalue weighted by molar-refractivity contribution is -0.134. The SMILES string of the molecule is Cc1cc(-c2[nH]nc3ncc(-c4ccc(N5CCN(CCc6ccc([C@H]7CCC(=O)NC7=O)cc6)CC5)cn4)cc23)ccc1[C@@H](C)c1nc(C(N)=O)no1. The maximum atomic E-state index is 12.2. The Kier molecular flexibility index (Phi) is 9.42. The second kappa shape index (κ2) is 14.6. The largest absolute Gasteiger partial charge is 0.368 e. The van der Waals surface area contributed by atoms with E-state index >= 15 is 0 Å². The van der Waals surface area contributed by atoms with E-state index in [0.29, 0.717) is 24.4 Å². The number of piperidine rings is 1. The maximum absolute atomic E-state index is 12.2. The normalized spacial score (nSPS) is 17.1.